The van der Waals surface area contributed by atoms with Gasteiger partial charge in [-0.2, -0.15) is 0 Å². The number of fused-ring (bicyclic) bond motifs is 1. The van der Waals surface area contributed by atoms with Crippen LogP contribution in [0.3, 0.4) is 0 Å². The Kier molecular flexibility index (Phi) is 8.38. The predicted octanol–water partition coefficient (Wildman–Crippen LogP) is 5.48. The van der Waals surface area contributed by atoms with Gasteiger partial charge in [-0.3, -0.25) is 0 Å². The monoisotopic (exact) mass is 271 g/mol. The molecule has 0 radical (unpaired) electrons. The second kappa shape index (κ2) is 9.19. The van der Waals surface area contributed by atoms with Gasteiger partial charge in [0.05, 0.1) is 0 Å². The van der Waals surface area contributed by atoms with Gasteiger partial charge in [0, 0.05) is 14.1 Å². The topological polar surface area (TPSA) is 3.24 Å². The van der Waals surface area contributed by atoms with Crippen molar-refractivity contribution in [3.8, 4) is 0 Å². The van der Waals surface area contributed by atoms with Gasteiger partial charge >= 0.3 is 0 Å². The Labute approximate surface area is 124 Å². The number of benzene rings is 2. The van der Waals surface area contributed by atoms with Gasteiger partial charge < -0.3 is 4.90 Å². The van der Waals surface area contributed by atoms with Crippen molar-refractivity contribution in [1.82, 2.24) is 4.90 Å². The first-order valence-corrected chi connectivity index (χ1v) is 7.22. The highest BCUT2D eigenvalue weighted by Crippen LogP contribution is 2.24. The first-order valence-electron chi connectivity index (χ1n) is 7.22. The van der Waals surface area contributed by atoms with Crippen LogP contribution in [0.5, 0.6) is 0 Å². The second-order valence-electron chi connectivity index (χ2n) is 4.83. The zero-order valence-corrected chi connectivity index (χ0v) is 14.1. The molecule has 0 saturated carbocycles. The van der Waals surface area contributed by atoms with Crippen LogP contribution in [0.4, 0.5) is 0 Å². The summed E-state index contributed by atoms with van der Waals surface area (Å²) in [4.78, 5) is 1.89. The van der Waals surface area contributed by atoms with Crippen LogP contribution in [-0.4, -0.2) is 19.0 Å². The SMILES string of the molecule is C=CN(C)C.CC.Cc1ccc2cccc(C)c2c1C. The van der Waals surface area contributed by atoms with Gasteiger partial charge in [-0.25, -0.2) is 0 Å². The number of aryl methyl sites for hydroxylation is 3. The number of hydrogen-bond donors (Lipinski definition) is 0. The maximum absolute atomic E-state index is 3.49. The third-order valence-corrected chi connectivity index (χ3v) is 3.15. The minimum absolute atomic E-state index is 1.35. The van der Waals surface area contributed by atoms with Crippen LogP contribution in [0.25, 0.3) is 10.8 Å². The van der Waals surface area contributed by atoms with E-state index in [4.69, 9.17) is 0 Å². The van der Waals surface area contributed by atoms with E-state index in [1.807, 2.05) is 32.8 Å². The van der Waals surface area contributed by atoms with Gasteiger partial charge in [0.15, 0.2) is 0 Å². The molecule has 0 fully saturated rings. The maximum atomic E-state index is 3.49. The number of rotatable bonds is 1. The Morgan fingerprint density at radius 2 is 1.45 bits per heavy atom. The first-order chi connectivity index (χ1) is 9.47. The fourth-order valence-electron chi connectivity index (χ4n) is 1.88. The van der Waals surface area contributed by atoms with Crippen LogP contribution >= 0.6 is 0 Å². The zero-order valence-electron chi connectivity index (χ0n) is 14.1. The highest BCUT2D eigenvalue weighted by Gasteiger charge is 2.01. The number of hydrogen-bond acceptors (Lipinski definition) is 1. The van der Waals surface area contributed by atoms with Crippen molar-refractivity contribution in [2.75, 3.05) is 14.1 Å². The molecule has 0 saturated heterocycles. The molecule has 0 N–H and O–H groups in total. The molecule has 2 rings (SSSR count). The third kappa shape index (κ3) is 5.08. The van der Waals surface area contributed by atoms with E-state index < -0.39 is 0 Å². The molecule has 0 aliphatic rings. The standard InChI is InChI=1S/C13H14.C4H9N.C2H6/c1-9-7-8-12-6-4-5-10(2)13(12)11(9)3;1-4-5(2)3;1-2/h4-8H,1-3H3;4H,1H2,2-3H3;1-2H3. The molecule has 0 spiro atoms. The smallest absolute Gasteiger partial charge is 0.00554 e. The lowest BCUT2D eigenvalue weighted by Crippen LogP contribution is -1.97. The van der Waals surface area contributed by atoms with E-state index in [-0.39, 0.29) is 0 Å². The number of nitrogens with zero attached hydrogens (tertiary/aromatic N) is 1. The van der Waals surface area contributed by atoms with E-state index in [2.05, 4.69) is 57.7 Å². The van der Waals surface area contributed by atoms with Crippen LogP contribution in [0.1, 0.15) is 30.5 Å². The Balaban J connectivity index is 0.000000441. The predicted molar refractivity (Wildman–Crippen MR) is 93.4 cm³/mol. The quantitative estimate of drug-likeness (QED) is 0.663. The molecule has 110 valence electrons. The molecular weight excluding hydrogens is 242 g/mol. The van der Waals surface area contributed by atoms with E-state index in [9.17, 15) is 0 Å². The molecule has 0 aromatic heterocycles. The molecule has 0 bridgehead atoms. The van der Waals surface area contributed by atoms with Crippen molar-refractivity contribution < 1.29 is 0 Å². The summed E-state index contributed by atoms with van der Waals surface area (Å²) >= 11 is 0. The lowest BCUT2D eigenvalue weighted by Gasteiger charge is -2.07. The lowest BCUT2D eigenvalue weighted by atomic mass is 9.97. The van der Waals surface area contributed by atoms with E-state index in [1.54, 1.807) is 6.20 Å². The third-order valence-electron chi connectivity index (χ3n) is 3.15. The Morgan fingerprint density at radius 3 is 1.95 bits per heavy atom. The van der Waals surface area contributed by atoms with Crippen molar-refractivity contribution in [3.63, 3.8) is 0 Å². The molecule has 0 unspecified atom stereocenters. The van der Waals surface area contributed by atoms with Crippen LogP contribution < -0.4 is 0 Å². The van der Waals surface area contributed by atoms with Crippen LogP contribution in [0.15, 0.2) is 43.1 Å². The molecule has 0 amide bonds. The molecule has 0 heterocycles. The van der Waals surface area contributed by atoms with Gasteiger partial charge in [-0.05, 0) is 54.4 Å². The minimum Gasteiger partial charge on any atom is -0.384 e. The second-order valence-corrected chi connectivity index (χ2v) is 4.83. The summed E-state index contributed by atoms with van der Waals surface area (Å²) in [7, 11) is 3.88. The molecule has 1 heteroatoms. The summed E-state index contributed by atoms with van der Waals surface area (Å²) < 4.78 is 0. The summed E-state index contributed by atoms with van der Waals surface area (Å²) in [5.41, 5.74) is 4.16. The summed E-state index contributed by atoms with van der Waals surface area (Å²) in [6.07, 6.45) is 1.75. The van der Waals surface area contributed by atoms with Crippen molar-refractivity contribution in [1.29, 1.82) is 0 Å². The molecule has 0 aliphatic carbocycles. The summed E-state index contributed by atoms with van der Waals surface area (Å²) in [6.45, 7) is 14.0. The van der Waals surface area contributed by atoms with Gasteiger partial charge in [0.2, 0.25) is 0 Å². The van der Waals surface area contributed by atoms with Crippen molar-refractivity contribution in [2.45, 2.75) is 34.6 Å². The first kappa shape index (κ1) is 18.2. The Bertz CT molecular complexity index is 539. The van der Waals surface area contributed by atoms with Gasteiger partial charge in [0.1, 0.15) is 0 Å². The normalized spacial score (nSPS) is 8.95. The molecule has 20 heavy (non-hydrogen) atoms. The largest absolute Gasteiger partial charge is 0.384 e. The van der Waals surface area contributed by atoms with Gasteiger partial charge in [0.25, 0.3) is 0 Å². The Morgan fingerprint density at radius 1 is 0.900 bits per heavy atom. The minimum atomic E-state index is 1.35. The van der Waals surface area contributed by atoms with Crippen molar-refractivity contribution in [3.05, 3.63) is 59.8 Å². The highest BCUT2D eigenvalue weighted by atomic mass is 15.0. The molecular formula is C19H29N. The average molecular weight is 271 g/mol. The lowest BCUT2D eigenvalue weighted by molar-refractivity contribution is 0.566. The van der Waals surface area contributed by atoms with Crippen LogP contribution in [-0.2, 0) is 0 Å². The van der Waals surface area contributed by atoms with Gasteiger partial charge in [-0.15, -0.1) is 0 Å². The fourth-order valence-corrected chi connectivity index (χ4v) is 1.88. The Hall–Kier alpha value is -1.76. The fraction of sp³-hybridized carbons (Fsp3) is 0.368. The van der Waals surface area contributed by atoms with Crippen molar-refractivity contribution >= 4 is 10.8 Å². The molecule has 1 nitrogen and oxygen atoms in total. The molecule has 2 aromatic carbocycles. The van der Waals surface area contributed by atoms with E-state index in [0.29, 0.717) is 0 Å². The highest BCUT2D eigenvalue weighted by molar-refractivity contribution is 5.89. The van der Waals surface area contributed by atoms with E-state index in [1.165, 1.54) is 27.5 Å². The van der Waals surface area contributed by atoms with Crippen molar-refractivity contribution in [2.24, 2.45) is 0 Å². The van der Waals surface area contributed by atoms with Gasteiger partial charge in [-0.1, -0.05) is 50.8 Å². The molecule has 0 aliphatic heterocycles. The summed E-state index contributed by atoms with van der Waals surface area (Å²) in [5.74, 6) is 0. The average Bonchev–Trinajstić information content (AvgIpc) is 2.46. The molecule has 0 atom stereocenters. The summed E-state index contributed by atoms with van der Waals surface area (Å²) in [6, 6.07) is 10.9. The molecule has 2 aromatic rings. The van der Waals surface area contributed by atoms with E-state index >= 15 is 0 Å². The van der Waals surface area contributed by atoms with Crippen LogP contribution in [0, 0.1) is 20.8 Å². The van der Waals surface area contributed by atoms with E-state index in [0.717, 1.165) is 0 Å². The van der Waals surface area contributed by atoms with Crippen LogP contribution in [0.2, 0.25) is 0 Å². The summed E-state index contributed by atoms with van der Waals surface area (Å²) in [5, 5.41) is 2.77. The zero-order chi connectivity index (χ0) is 15.7. The maximum Gasteiger partial charge on any atom is 0.00554 e.